The molecule has 0 saturated carbocycles. The maximum absolute atomic E-state index is 10.8. The molecule has 0 aromatic heterocycles. The molecule has 76 valence electrons. The Morgan fingerprint density at radius 2 is 2.21 bits per heavy atom. The van der Waals surface area contributed by atoms with Crippen molar-refractivity contribution in [3.63, 3.8) is 0 Å². The molecule has 0 heterocycles. The summed E-state index contributed by atoms with van der Waals surface area (Å²) < 4.78 is 4.77. The molecule has 14 heavy (non-hydrogen) atoms. The summed E-state index contributed by atoms with van der Waals surface area (Å²) in [6.45, 7) is 3.11. The zero-order chi connectivity index (χ0) is 11.1. The summed E-state index contributed by atoms with van der Waals surface area (Å²) in [5.41, 5.74) is 5.30. The molecule has 0 saturated heterocycles. The zero-order valence-corrected chi connectivity index (χ0v) is 8.11. The lowest BCUT2D eigenvalue weighted by Crippen LogP contribution is -2.17. The van der Waals surface area contributed by atoms with Gasteiger partial charge in [-0.1, -0.05) is 0 Å². The standard InChI is InChI=1S/C9H12N2O3/c1-6(9(11)13)5-7(2)14-8(12)3-4-10/h5,7H,3H2,1-2H3,(H2,11,13)/b6-5-. The third kappa shape index (κ3) is 4.93. The Kier molecular flexibility index (Phi) is 5.00. The second-order valence-electron chi connectivity index (χ2n) is 2.74. The summed E-state index contributed by atoms with van der Waals surface area (Å²) in [7, 11) is 0. The van der Waals surface area contributed by atoms with Gasteiger partial charge in [0.2, 0.25) is 5.91 Å². The number of nitriles is 1. The molecule has 0 fully saturated rings. The molecule has 0 aliphatic rings. The molecule has 0 rings (SSSR count). The highest BCUT2D eigenvalue weighted by Crippen LogP contribution is 2.00. The van der Waals surface area contributed by atoms with E-state index in [2.05, 4.69) is 0 Å². The topological polar surface area (TPSA) is 93.2 Å². The van der Waals surface area contributed by atoms with Gasteiger partial charge in [-0.3, -0.25) is 9.59 Å². The Morgan fingerprint density at radius 1 is 1.64 bits per heavy atom. The second-order valence-corrected chi connectivity index (χ2v) is 2.74. The van der Waals surface area contributed by atoms with Crippen LogP contribution in [0.15, 0.2) is 11.6 Å². The number of hydrogen-bond acceptors (Lipinski definition) is 4. The Hall–Kier alpha value is -1.83. The van der Waals surface area contributed by atoms with Gasteiger partial charge >= 0.3 is 5.97 Å². The molecule has 0 aliphatic heterocycles. The van der Waals surface area contributed by atoms with Crippen LogP contribution in [0.4, 0.5) is 0 Å². The summed E-state index contributed by atoms with van der Waals surface area (Å²) in [6.07, 6.45) is 0.578. The van der Waals surface area contributed by atoms with Crippen molar-refractivity contribution in [2.75, 3.05) is 0 Å². The van der Waals surface area contributed by atoms with E-state index in [1.807, 2.05) is 0 Å². The minimum absolute atomic E-state index is 0.298. The van der Waals surface area contributed by atoms with E-state index in [-0.39, 0.29) is 6.42 Å². The van der Waals surface area contributed by atoms with Crippen LogP contribution in [0.1, 0.15) is 20.3 Å². The number of amides is 1. The van der Waals surface area contributed by atoms with Crippen molar-refractivity contribution < 1.29 is 14.3 Å². The number of hydrogen-bond donors (Lipinski definition) is 1. The first-order valence-electron chi connectivity index (χ1n) is 4.02. The van der Waals surface area contributed by atoms with Gasteiger partial charge in [0.15, 0.2) is 0 Å². The van der Waals surface area contributed by atoms with E-state index in [9.17, 15) is 9.59 Å². The van der Waals surface area contributed by atoms with Crippen LogP contribution in [0.3, 0.4) is 0 Å². The molecule has 5 nitrogen and oxygen atoms in total. The number of ether oxygens (including phenoxy) is 1. The lowest BCUT2D eigenvalue weighted by Gasteiger charge is -2.07. The molecule has 0 radical (unpaired) electrons. The highest BCUT2D eigenvalue weighted by Gasteiger charge is 2.07. The van der Waals surface area contributed by atoms with Gasteiger partial charge in [-0.15, -0.1) is 0 Å². The molecule has 0 aromatic carbocycles. The fourth-order valence-electron chi connectivity index (χ4n) is 0.782. The minimum Gasteiger partial charge on any atom is -0.458 e. The summed E-state index contributed by atoms with van der Waals surface area (Å²) in [5, 5.41) is 8.18. The van der Waals surface area contributed by atoms with Crippen molar-refractivity contribution in [2.45, 2.75) is 26.4 Å². The number of esters is 1. The van der Waals surface area contributed by atoms with Gasteiger partial charge in [0.05, 0.1) is 6.07 Å². The van der Waals surface area contributed by atoms with Gasteiger partial charge < -0.3 is 10.5 Å². The van der Waals surface area contributed by atoms with Gasteiger partial charge in [-0.2, -0.15) is 5.26 Å². The molecule has 1 unspecified atom stereocenters. The van der Waals surface area contributed by atoms with Crippen LogP contribution in [0.25, 0.3) is 0 Å². The molecule has 0 bridgehead atoms. The van der Waals surface area contributed by atoms with Crippen LogP contribution >= 0.6 is 0 Å². The zero-order valence-electron chi connectivity index (χ0n) is 8.11. The van der Waals surface area contributed by atoms with Crippen LogP contribution in [-0.2, 0) is 14.3 Å². The van der Waals surface area contributed by atoms with Crippen molar-refractivity contribution in [3.8, 4) is 6.07 Å². The average molecular weight is 196 g/mol. The highest BCUT2D eigenvalue weighted by molar-refractivity contribution is 5.91. The smallest absolute Gasteiger partial charge is 0.320 e. The quantitative estimate of drug-likeness (QED) is 0.515. The van der Waals surface area contributed by atoms with Gasteiger partial charge in [-0.25, -0.2) is 0 Å². The van der Waals surface area contributed by atoms with Gasteiger partial charge in [0, 0.05) is 5.57 Å². The van der Waals surface area contributed by atoms with E-state index < -0.39 is 18.0 Å². The SMILES string of the molecule is C/C(=C/C(C)OC(=O)CC#N)C(N)=O. The summed E-state index contributed by atoms with van der Waals surface area (Å²) in [5.74, 6) is -1.18. The molecular weight excluding hydrogens is 184 g/mol. The van der Waals surface area contributed by atoms with E-state index in [4.69, 9.17) is 15.7 Å². The van der Waals surface area contributed by atoms with E-state index in [0.717, 1.165) is 0 Å². The summed E-state index contributed by atoms with van der Waals surface area (Å²) in [4.78, 5) is 21.4. The van der Waals surface area contributed by atoms with Gasteiger partial charge in [0.1, 0.15) is 12.5 Å². The number of primary amides is 1. The Labute approximate surface area is 82.1 Å². The van der Waals surface area contributed by atoms with Gasteiger partial charge in [0.25, 0.3) is 0 Å². The first kappa shape index (κ1) is 12.2. The molecule has 0 aliphatic carbocycles. The van der Waals surface area contributed by atoms with Crippen molar-refractivity contribution in [2.24, 2.45) is 5.73 Å². The van der Waals surface area contributed by atoms with Crippen molar-refractivity contribution in [1.29, 1.82) is 5.26 Å². The van der Waals surface area contributed by atoms with Crippen LogP contribution < -0.4 is 5.73 Å². The van der Waals surface area contributed by atoms with E-state index >= 15 is 0 Å². The van der Waals surface area contributed by atoms with Crippen LogP contribution in [0, 0.1) is 11.3 Å². The number of carbonyl (C=O) groups is 2. The number of nitrogens with two attached hydrogens (primary N) is 1. The van der Waals surface area contributed by atoms with Crippen molar-refractivity contribution in [3.05, 3.63) is 11.6 Å². The number of carbonyl (C=O) groups excluding carboxylic acids is 2. The molecule has 2 N–H and O–H groups in total. The van der Waals surface area contributed by atoms with Crippen molar-refractivity contribution in [1.82, 2.24) is 0 Å². The Balaban J connectivity index is 4.17. The Bertz CT molecular complexity index is 302. The maximum atomic E-state index is 10.8. The monoisotopic (exact) mass is 196 g/mol. The number of rotatable bonds is 4. The largest absolute Gasteiger partial charge is 0.458 e. The second kappa shape index (κ2) is 5.75. The fraction of sp³-hybridized carbons (Fsp3) is 0.444. The lowest BCUT2D eigenvalue weighted by molar-refractivity contribution is -0.145. The number of nitrogens with zero attached hydrogens (tertiary/aromatic N) is 1. The highest BCUT2D eigenvalue weighted by atomic mass is 16.5. The molecule has 0 aromatic rings. The molecule has 5 heteroatoms. The molecule has 1 atom stereocenters. The van der Waals surface area contributed by atoms with E-state index in [1.54, 1.807) is 13.0 Å². The minimum atomic E-state index is -0.617. The normalized spacial score (nSPS) is 12.8. The van der Waals surface area contributed by atoms with E-state index in [1.165, 1.54) is 13.0 Å². The third-order valence-corrected chi connectivity index (χ3v) is 1.41. The molecule has 1 amide bonds. The fourth-order valence-corrected chi connectivity index (χ4v) is 0.782. The van der Waals surface area contributed by atoms with Gasteiger partial charge in [-0.05, 0) is 19.9 Å². The predicted molar refractivity (Wildman–Crippen MR) is 48.7 cm³/mol. The van der Waals surface area contributed by atoms with Crippen LogP contribution in [0.5, 0.6) is 0 Å². The van der Waals surface area contributed by atoms with Crippen molar-refractivity contribution >= 4 is 11.9 Å². The average Bonchev–Trinajstić information content (AvgIpc) is 2.03. The maximum Gasteiger partial charge on any atom is 0.320 e. The molecule has 0 spiro atoms. The van der Waals surface area contributed by atoms with Crippen LogP contribution in [-0.4, -0.2) is 18.0 Å². The summed E-state index contributed by atoms with van der Waals surface area (Å²) >= 11 is 0. The summed E-state index contributed by atoms with van der Waals surface area (Å²) in [6, 6.07) is 1.66. The van der Waals surface area contributed by atoms with E-state index in [0.29, 0.717) is 5.57 Å². The predicted octanol–water partition coefficient (Wildman–Crippen LogP) is 0.263. The van der Waals surface area contributed by atoms with Crippen LogP contribution in [0.2, 0.25) is 0 Å². The third-order valence-electron chi connectivity index (χ3n) is 1.41. The first-order valence-corrected chi connectivity index (χ1v) is 4.02. The lowest BCUT2D eigenvalue weighted by atomic mass is 10.2. The first-order chi connectivity index (χ1) is 6.47. The Morgan fingerprint density at radius 3 is 2.64 bits per heavy atom. The molecular formula is C9H12N2O3.